The van der Waals surface area contributed by atoms with Crippen LogP contribution in [-0.2, 0) is 0 Å². The summed E-state index contributed by atoms with van der Waals surface area (Å²) in [4.78, 5) is 0. The van der Waals surface area contributed by atoms with Crippen LogP contribution in [0.3, 0.4) is 0 Å². The van der Waals surface area contributed by atoms with Crippen LogP contribution in [0.15, 0.2) is 22.8 Å². The van der Waals surface area contributed by atoms with Crippen LogP contribution < -0.4 is 0 Å². The zero-order valence-electron chi connectivity index (χ0n) is 22.2. The van der Waals surface area contributed by atoms with Crippen LogP contribution in [0.5, 0.6) is 0 Å². The molecule has 0 aromatic rings. The first kappa shape index (κ1) is 24.5. The molecule has 2 N–H and O–H groups in total. The predicted molar refractivity (Wildman–Crippen MR) is 134 cm³/mol. The van der Waals surface area contributed by atoms with Crippen LogP contribution in [0.25, 0.3) is 0 Å². The molecule has 1 unspecified atom stereocenters. The number of aliphatic hydroxyl groups is 2. The Morgan fingerprint density at radius 3 is 2.31 bits per heavy atom. The summed E-state index contributed by atoms with van der Waals surface area (Å²) >= 11 is 0. The second-order valence-electron chi connectivity index (χ2n) is 13.7. The first-order valence-corrected chi connectivity index (χ1v) is 13.5. The fourth-order valence-electron chi connectivity index (χ4n) is 9.40. The monoisotopic (exact) mass is 442 g/mol. The van der Waals surface area contributed by atoms with Gasteiger partial charge in [0.05, 0.1) is 12.2 Å². The van der Waals surface area contributed by atoms with Crippen molar-refractivity contribution < 1.29 is 10.2 Å². The van der Waals surface area contributed by atoms with Crippen molar-refractivity contribution in [3.05, 3.63) is 22.8 Å². The first-order valence-electron chi connectivity index (χ1n) is 13.5. The quantitative estimate of drug-likeness (QED) is 0.444. The van der Waals surface area contributed by atoms with E-state index in [1.807, 2.05) is 0 Å². The molecule has 32 heavy (non-hydrogen) atoms. The van der Waals surface area contributed by atoms with Gasteiger partial charge in [0, 0.05) is 0 Å². The number of rotatable bonds is 4. The second-order valence-corrected chi connectivity index (χ2v) is 13.7. The van der Waals surface area contributed by atoms with Gasteiger partial charge < -0.3 is 10.2 Å². The van der Waals surface area contributed by atoms with Crippen molar-refractivity contribution in [2.24, 2.45) is 39.4 Å². The number of hydrogen-bond acceptors (Lipinski definition) is 2. The standard InChI is InChI=1S/C30H50O2/c1-19(2)9-11-24(31)20(3)21-13-17-30(8)23-10-12-25-27(4,5)26(32)15-16-28(25,6)22(23)14-18-29(21,30)7/h9,20-21,24-26,31-32H,10-18H2,1-8H3/t20?,21-,24-,25+,26+,28-,29-,30+/m1/s1. The van der Waals surface area contributed by atoms with Gasteiger partial charge in [-0.3, -0.25) is 0 Å². The Balaban J connectivity index is 1.67. The summed E-state index contributed by atoms with van der Waals surface area (Å²) in [6.45, 7) is 18.9. The third-order valence-corrected chi connectivity index (χ3v) is 11.8. The minimum atomic E-state index is -0.238. The highest BCUT2D eigenvalue weighted by Gasteiger charge is 2.63. The molecule has 0 heterocycles. The fourth-order valence-corrected chi connectivity index (χ4v) is 9.40. The Hall–Kier alpha value is -0.600. The summed E-state index contributed by atoms with van der Waals surface area (Å²) in [5.74, 6) is 1.53. The maximum atomic E-state index is 11.0. The van der Waals surface area contributed by atoms with Gasteiger partial charge in [0.15, 0.2) is 0 Å². The summed E-state index contributed by atoms with van der Waals surface area (Å²) in [6.07, 6.45) is 12.2. The molecule has 2 nitrogen and oxygen atoms in total. The van der Waals surface area contributed by atoms with Gasteiger partial charge in [0.25, 0.3) is 0 Å². The van der Waals surface area contributed by atoms with Crippen molar-refractivity contribution >= 4 is 0 Å². The molecule has 4 rings (SSSR count). The highest BCUT2D eigenvalue weighted by atomic mass is 16.3. The predicted octanol–water partition coefficient (Wildman–Crippen LogP) is 7.45. The van der Waals surface area contributed by atoms with Crippen molar-refractivity contribution in [1.29, 1.82) is 0 Å². The van der Waals surface area contributed by atoms with E-state index in [4.69, 9.17) is 0 Å². The van der Waals surface area contributed by atoms with Gasteiger partial charge in [0.2, 0.25) is 0 Å². The molecule has 0 amide bonds. The topological polar surface area (TPSA) is 40.5 Å². The van der Waals surface area contributed by atoms with Gasteiger partial charge in [-0.05, 0) is 111 Å². The minimum absolute atomic E-state index is 0.00888. The van der Waals surface area contributed by atoms with Crippen molar-refractivity contribution in [2.75, 3.05) is 0 Å². The molecule has 0 bridgehead atoms. The molecule has 2 heteroatoms. The summed E-state index contributed by atoms with van der Waals surface area (Å²) in [7, 11) is 0. The summed E-state index contributed by atoms with van der Waals surface area (Å²) in [5, 5.41) is 21.9. The summed E-state index contributed by atoms with van der Waals surface area (Å²) in [5.41, 5.74) is 5.70. The van der Waals surface area contributed by atoms with Crippen LogP contribution in [0, 0.1) is 39.4 Å². The molecular formula is C30H50O2. The van der Waals surface area contributed by atoms with Gasteiger partial charge in [0.1, 0.15) is 0 Å². The maximum absolute atomic E-state index is 11.0. The molecule has 182 valence electrons. The van der Waals surface area contributed by atoms with Gasteiger partial charge in [-0.15, -0.1) is 0 Å². The van der Waals surface area contributed by atoms with E-state index >= 15 is 0 Å². The molecule has 0 aromatic carbocycles. The number of allylic oxidation sites excluding steroid dienone is 3. The van der Waals surface area contributed by atoms with Crippen LogP contribution in [0.1, 0.15) is 113 Å². The van der Waals surface area contributed by atoms with E-state index in [0.717, 1.165) is 19.3 Å². The van der Waals surface area contributed by atoms with E-state index < -0.39 is 0 Å². The van der Waals surface area contributed by atoms with E-state index in [1.54, 1.807) is 11.1 Å². The number of hydrogen-bond donors (Lipinski definition) is 2. The lowest BCUT2D eigenvalue weighted by molar-refractivity contribution is -0.0969. The smallest absolute Gasteiger partial charge is 0.0603 e. The lowest BCUT2D eigenvalue weighted by Gasteiger charge is -2.62. The summed E-state index contributed by atoms with van der Waals surface area (Å²) < 4.78 is 0. The molecule has 8 atom stereocenters. The highest BCUT2D eigenvalue weighted by Crippen LogP contribution is 2.72. The molecular weight excluding hydrogens is 392 g/mol. The van der Waals surface area contributed by atoms with E-state index in [9.17, 15) is 10.2 Å². The normalized spacial score (nSPS) is 44.9. The number of aliphatic hydroxyl groups excluding tert-OH is 2. The molecule has 0 aliphatic heterocycles. The zero-order valence-corrected chi connectivity index (χ0v) is 22.2. The molecule has 2 saturated carbocycles. The maximum Gasteiger partial charge on any atom is 0.0603 e. The molecule has 4 aliphatic rings. The average molecular weight is 443 g/mol. The Morgan fingerprint density at radius 2 is 1.66 bits per heavy atom. The van der Waals surface area contributed by atoms with E-state index in [0.29, 0.717) is 17.8 Å². The largest absolute Gasteiger partial charge is 0.393 e. The molecule has 0 saturated heterocycles. The van der Waals surface area contributed by atoms with Crippen molar-refractivity contribution in [2.45, 2.75) is 125 Å². The van der Waals surface area contributed by atoms with E-state index in [-0.39, 0.29) is 33.9 Å². The van der Waals surface area contributed by atoms with Crippen molar-refractivity contribution in [1.82, 2.24) is 0 Å². The highest BCUT2D eigenvalue weighted by molar-refractivity contribution is 5.38. The zero-order chi connectivity index (χ0) is 23.7. The van der Waals surface area contributed by atoms with Crippen molar-refractivity contribution in [3.63, 3.8) is 0 Å². The SMILES string of the molecule is CC(C)=CC[C@@H](O)C(C)[C@H]1CC[C@@]2(C)C3=C(CC[C@]12C)[C@@]1(C)CC[C@H](O)C(C)(C)[C@@H]1CC3. The van der Waals surface area contributed by atoms with Crippen LogP contribution in [-0.4, -0.2) is 22.4 Å². The summed E-state index contributed by atoms with van der Waals surface area (Å²) in [6, 6.07) is 0. The average Bonchev–Trinajstić information content (AvgIpc) is 3.00. The van der Waals surface area contributed by atoms with Crippen LogP contribution in [0.2, 0.25) is 0 Å². The Kier molecular flexibility index (Phi) is 6.11. The van der Waals surface area contributed by atoms with Gasteiger partial charge in [-0.1, -0.05) is 64.3 Å². The first-order chi connectivity index (χ1) is 14.8. The Morgan fingerprint density at radius 1 is 0.969 bits per heavy atom. The van der Waals surface area contributed by atoms with E-state index in [1.165, 1.54) is 44.1 Å². The molecule has 0 aromatic heterocycles. The molecule has 0 spiro atoms. The van der Waals surface area contributed by atoms with Crippen LogP contribution >= 0.6 is 0 Å². The van der Waals surface area contributed by atoms with Gasteiger partial charge in [-0.25, -0.2) is 0 Å². The molecule has 4 aliphatic carbocycles. The van der Waals surface area contributed by atoms with Crippen molar-refractivity contribution in [3.8, 4) is 0 Å². The van der Waals surface area contributed by atoms with Gasteiger partial charge >= 0.3 is 0 Å². The third kappa shape index (κ3) is 3.33. The Labute approximate surface area is 198 Å². The van der Waals surface area contributed by atoms with Crippen LogP contribution in [0.4, 0.5) is 0 Å². The van der Waals surface area contributed by atoms with E-state index in [2.05, 4.69) is 61.5 Å². The Bertz CT molecular complexity index is 802. The molecule has 2 fully saturated rings. The molecule has 0 radical (unpaired) electrons. The fraction of sp³-hybridized carbons (Fsp3) is 0.867. The minimum Gasteiger partial charge on any atom is -0.393 e. The lowest BCUT2D eigenvalue weighted by atomic mass is 9.43. The second kappa shape index (κ2) is 7.98. The number of fused-ring (bicyclic) bond motifs is 4. The third-order valence-electron chi connectivity index (χ3n) is 11.8. The lowest BCUT2D eigenvalue weighted by Crippen LogP contribution is -2.55. The van der Waals surface area contributed by atoms with Gasteiger partial charge in [-0.2, -0.15) is 0 Å².